The Morgan fingerprint density at radius 2 is 1.86 bits per heavy atom. The predicted molar refractivity (Wildman–Crippen MR) is 108 cm³/mol. The lowest BCUT2D eigenvalue weighted by atomic mass is 9.99. The molecule has 154 valence electrons. The minimum atomic E-state index is -0.0892. The van der Waals surface area contributed by atoms with E-state index in [-0.39, 0.29) is 11.8 Å². The Kier molecular flexibility index (Phi) is 5.78. The summed E-state index contributed by atoms with van der Waals surface area (Å²) in [5.74, 6) is 0.986. The quantitative estimate of drug-likeness (QED) is 0.788. The average Bonchev–Trinajstić information content (AvgIpc) is 3.33. The van der Waals surface area contributed by atoms with Gasteiger partial charge in [-0.2, -0.15) is 0 Å². The third-order valence-corrected chi connectivity index (χ3v) is 5.85. The molecule has 8 heteroatoms. The number of furan rings is 1. The maximum absolute atomic E-state index is 12.8. The number of amides is 2. The second-order valence-electron chi connectivity index (χ2n) is 7.59. The van der Waals surface area contributed by atoms with Gasteiger partial charge in [0.25, 0.3) is 11.8 Å². The van der Waals surface area contributed by atoms with Gasteiger partial charge in [0.15, 0.2) is 17.3 Å². The molecule has 4 heterocycles. The standard InChI is InChI=1S/C21H27N5O3/c1-2-16-6-3-4-10-26(16)20(27)17-8-9-19(23-22-17)24-11-13-25(14-12-24)21(28)18-7-5-15-29-18/h5,7-9,15-16H,2-4,6,10-14H2,1H3. The first-order valence-corrected chi connectivity index (χ1v) is 10.4. The molecule has 1 atom stereocenters. The van der Waals surface area contributed by atoms with Crippen LogP contribution in [0.5, 0.6) is 0 Å². The smallest absolute Gasteiger partial charge is 0.289 e. The van der Waals surface area contributed by atoms with Gasteiger partial charge in [-0.25, -0.2) is 0 Å². The van der Waals surface area contributed by atoms with Gasteiger partial charge in [0.1, 0.15) is 0 Å². The average molecular weight is 397 g/mol. The molecule has 0 aromatic carbocycles. The molecule has 2 amide bonds. The van der Waals surface area contributed by atoms with E-state index in [1.165, 1.54) is 12.7 Å². The topological polar surface area (TPSA) is 82.8 Å². The van der Waals surface area contributed by atoms with Crippen LogP contribution in [0.4, 0.5) is 5.82 Å². The van der Waals surface area contributed by atoms with Crippen molar-refractivity contribution >= 4 is 17.6 Å². The molecule has 2 aromatic rings. The highest BCUT2D eigenvalue weighted by Crippen LogP contribution is 2.22. The molecule has 1 unspecified atom stereocenters. The third kappa shape index (κ3) is 4.11. The minimum absolute atomic E-state index is 0.0236. The SMILES string of the molecule is CCC1CCCCN1C(=O)c1ccc(N2CCN(C(=O)c3ccco3)CC2)nn1. The zero-order valence-corrected chi connectivity index (χ0v) is 16.8. The molecule has 2 aromatic heterocycles. The largest absolute Gasteiger partial charge is 0.459 e. The highest BCUT2D eigenvalue weighted by atomic mass is 16.3. The molecule has 2 saturated heterocycles. The number of nitrogens with zero attached hydrogens (tertiary/aromatic N) is 5. The minimum Gasteiger partial charge on any atom is -0.459 e. The van der Waals surface area contributed by atoms with Crippen molar-refractivity contribution in [2.24, 2.45) is 0 Å². The molecular formula is C21H27N5O3. The summed E-state index contributed by atoms with van der Waals surface area (Å²) in [6.07, 6.45) is 5.78. The molecule has 0 radical (unpaired) electrons. The van der Waals surface area contributed by atoms with Crippen molar-refractivity contribution in [3.63, 3.8) is 0 Å². The van der Waals surface area contributed by atoms with Gasteiger partial charge in [0.05, 0.1) is 6.26 Å². The van der Waals surface area contributed by atoms with Gasteiger partial charge in [-0.15, -0.1) is 10.2 Å². The van der Waals surface area contributed by atoms with Gasteiger partial charge in [0, 0.05) is 38.8 Å². The number of carbonyl (C=O) groups excluding carboxylic acids is 2. The van der Waals surface area contributed by atoms with Gasteiger partial charge in [0.2, 0.25) is 0 Å². The Labute approximate surface area is 170 Å². The number of hydrogen-bond acceptors (Lipinski definition) is 6. The number of anilines is 1. The maximum Gasteiger partial charge on any atom is 0.289 e. The summed E-state index contributed by atoms with van der Waals surface area (Å²) in [6, 6.07) is 7.33. The van der Waals surface area contributed by atoms with Crippen molar-refractivity contribution in [2.75, 3.05) is 37.6 Å². The molecule has 0 spiro atoms. The molecule has 0 bridgehead atoms. The van der Waals surface area contributed by atoms with Crippen LogP contribution in [0.15, 0.2) is 34.9 Å². The number of hydrogen-bond donors (Lipinski definition) is 0. The van der Waals surface area contributed by atoms with Crippen LogP contribution < -0.4 is 4.90 Å². The first-order valence-electron chi connectivity index (χ1n) is 10.4. The monoisotopic (exact) mass is 397 g/mol. The van der Waals surface area contributed by atoms with Crippen LogP contribution in [0.2, 0.25) is 0 Å². The van der Waals surface area contributed by atoms with Gasteiger partial charge >= 0.3 is 0 Å². The second-order valence-corrected chi connectivity index (χ2v) is 7.59. The summed E-state index contributed by atoms with van der Waals surface area (Å²) in [6.45, 7) is 5.44. The molecule has 29 heavy (non-hydrogen) atoms. The molecule has 0 saturated carbocycles. The normalized spacial score (nSPS) is 20.0. The molecule has 0 N–H and O–H groups in total. The van der Waals surface area contributed by atoms with Gasteiger partial charge < -0.3 is 19.1 Å². The van der Waals surface area contributed by atoms with Crippen molar-refractivity contribution in [3.05, 3.63) is 42.0 Å². The van der Waals surface area contributed by atoms with E-state index in [1.54, 1.807) is 23.1 Å². The molecule has 8 nitrogen and oxygen atoms in total. The lowest BCUT2D eigenvalue weighted by Crippen LogP contribution is -2.49. The first-order chi connectivity index (χ1) is 14.2. The summed E-state index contributed by atoms with van der Waals surface area (Å²) in [5.41, 5.74) is 0.403. The zero-order valence-electron chi connectivity index (χ0n) is 16.8. The number of piperidine rings is 1. The predicted octanol–water partition coefficient (Wildman–Crippen LogP) is 2.44. The number of carbonyl (C=O) groups is 2. The van der Waals surface area contributed by atoms with Gasteiger partial charge in [-0.05, 0) is 49.9 Å². The fourth-order valence-electron chi connectivity index (χ4n) is 4.14. The van der Waals surface area contributed by atoms with Crippen LogP contribution in [0.3, 0.4) is 0 Å². The third-order valence-electron chi connectivity index (χ3n) is 5.85. The van der Waals surface area contributed by atoms with E-state index in [2.05, 4.69) is 22.0 Å². The van der Waals surface area contributed by atoms with Crippen molar-refractivity contribution in [2.45, 2.75) is 38.6 Å². The van der Waals surface area contributed by atoms with Crippen molar-refractivity contribution in [3.8, 4) is 0 Å². The highest BCUT2D eigenvalue weighted by molar-refractivity contribution is 5.92. The summed E-state index contributed by atoms with van der Waals surface area (Å²) >= 11 is 0. The lowest BCUT2D eigenvalue weighted by molar-refractivity contribution is 0.0600. The molecule has 0 aliphatic carbocycles. The van der Waals surface area contributed by atoms with Crippen LogP contribution in [0.1, 0.15) is 53.7 Å². The maximum atomic E-state index is 12.8. The van der Waals surface area contributed by atoms with E-state index in [0.717, 1.165) is 31.6 Å². The fourth-order valence-corrected chi connectivity index (χ4v) is 4.14. The Bertz CT molecular complexity index is 829. The number of aromatic nitrogens is 2. The second kappa shape index (κ2) is 8.63. The molecule has 2 aliphatic rings. The number of likely N-dealkylation sites (tertiary alicyclic amines) is 1. The summed E-state index contributed by atoms with van der Waals surface area (Å²) in [7, 11) is 0. The van der Waals surface area contributed by atoms with Crippen LogP contribution in [-0.4, -0.2) is 70.6 Å². The van der Waals surface area contributed by atoms with Crippen LogP contribution in [0.25, 0.3) is 0 Å². The summed E-state index contributed by atoms with van der Waals surface area (Å²) in [5, 5.41) is 8.51. The Morgan fingerprint density at radius 3 is 2.52 bits per heavy atom. The Balaban J connectivity index is 1.36. The van der Waals surface area contributed by atoms with E-state index in [0.29, 0.717) is 43.7 Å². The van der Waals surface area contributed by atoms with Crippen LogP contribution in [-0.2, 0) is 0 Å². The number of rotatable bonds is 4. The lowest BCUT2D eigenvalue weighted by Gasteiger charge is -2.35. The van der Waals surface area contributed by atoms with E-state index in [9.17, 15) is 9.59 Å². The van der Waals surface area contributed by atoms with E-state index >= 15 is 0 Å². The van der Waals surface area contributed by atoms with Gasteiger partial charge in [-0.1, -0.05) is 6.92 Å². The number of piperazine rings is 1. The van der Waals surface area contributed by atoms with Crippen molar-refractivity contribution < 1.29 is 14.0 Å². The van der Waals surface area contributed by atoms with Crippen molar-refractivity contribution in [1.29, 1.82) is 0 Å². The molecule has 2 aliphatic heterocycles. The summed E-state index contributed by atoms with van der Waals surface area (Å²) in [4.78, 5) is 31.0. The van der Waals surface area contributed by atoms with E-state index in [1.807, 2.05) is 11.0 Å². The molecular weight excluding hydrogens is 370 g/mol. The van der Waals surface area contributed by atoms with Crippen LogP contribution >= 0.6 is 0 Å². The highest BCUT2D eigenvalue weighted by Gasteiger charge is 2.28. The molecule has 2 fully saturated rings. The van der Waals surface area contributed by atoms with E-state index < -0.39 is 0 Å². The van der Waals surface area contributed by atoms with Gasteiger partial charge in [-0.3, -0.25) is 9.59 Å². The Morgan fingerprint density at radius 1 is 1.03 bits per heavy atom. The van der Waals surface area contributed by atoms with E-state index in [4.69, 9.17) is 4.42 Å². The van der Waals surface area contributed by atoms with Crippen LogP contribution in [0, 0.1) is 0 Å². The fraction of sp³-hybridized carbons (Fsp3) is 0.524. The Hall–Kier alpha value is -2.90. The zero-order chi connectivity index (χ0) is 20.2. The molecule has 4 rings (SSSR count). The van der Waals surface area contributed by atoms with Crippen molar-refractivity contribution in [1.82, 2.24) is 20.0 Å². The summed E-state index contributed by atoms with van der Waals surface area (Å²) < 4.78 is 5.20. The first kappa shape index (κ1) is 19.4.